The molecule has 0 aliphatic rings. The summed E-state index contributed by atoms with van der Waals surface area (Å²) in [6.07, 6.45) is 3.58. The van der Waals surface area contributed by atoms with Crippen LogP contribution in [0, 0.1) is 6.92 Å². The van der Waals surface area contributed by atoms with Crippen molar-refractivity contribution in [1.82, 2.24) is 9.55 Å². The third kappa shape index (κ3) is 2.37. The number of hydrogen-bond donors (Lipinski definition) is 2. The van der Waals surface area contributed by atoms with Gasteiger partial charge in [-0.2, -0.15) is 0 Å². The Morgan fingerprint density at radius 1 is 1.61 bits per heavy atom. The molecule has 2 aromatic heterocycles. The number of rotatable bonds is 5. The van der Waals surface area contributed by atoms with Crippen molar-refractivity contribution in [3.8, 4) is 0 Å². The summed E-state index contributed by atoms with van der Waals surface area (Å²) in [6, 6.07) is 1.53. The molecule has 0 aromatic carbocycles. The Kier molecular flexibility index (Phi) is 3.36. The van der Waals surface area contributed by atoms with E-state index in [-0.39, 0.29) is 5.56 Å². The molecule has 0 radical (unpaired) electrons. The van der Waals surface area contributed by atoms with Crippen LogP contribution in [0.25, 0.3) is 0 Å². The van der Waals surface area contributed by atoms with E-state index in [4.69, 9.17) is 9.52 Å². The van der Waals surface area contributed by atoms with Crippen LogP contribution < -0.4 is 5.32 Å². The Bertz CT molecular complexity index is 557. The highest BCUT2D eigenvalue weighted by molar-refractivity contribution is 5.88. The van der Waals surface area contributed by atoms with Gasteiger partial charge in [-0.15, -0.1) is 0 Å². The van der Waals surface area contributed by atoms with Crippen molar-refractivity contribution in [3.05, 3.63) is 35.5 Å². The molecule has 0 saturated heterocycles. The van der Waals surface area contributed by atoms with E-state index < -0.39 is 5.97 Å². The van der Waals surface area contributed by atoms with E-state index in [1.165, 1.54) is 6.07 Å². The maximum absolute atomic E-state index is 10.9. The van der Waals surface area contributed by atoms with E-state index >= 15 is 0 Å². The number of anilines is 1. The zero-order valence-electron chi connectivity index (χ0n) is 10.3. The Morgan fingerprint density at radius 3 is 3.00 bits per heavy atom. The lowest BCUT2D eigenvalue weighted by Gasteiger charge is -2.05. The number of aromatic nitrogens is 2. The highest BCUT2D eigenvalue weighted by atomic mass is 16.4. The van der Waals surface area contributed by atoms with Crippen molar-refractivity contribution >= 4 is 11.9 Å². The number of carboxylic acid groups (broad SMARTS) is 1. The van der Waals surface area contributed by atoms with Gasteiger partial charge >= 0.3 is 5.97 Å². The molecule has 0 bridgehead atoms. The maximum Gasteiger partial charge on any atom is 0.339 e. The first kappa shape index (κ1) is 12.2. The van der Waals surface area contributed by atoms with Gasteiger partial charge in [0.25, 0.3) is 0 Å². The van der Waals surface area contributed by atoms with E-state index in [9.17, 15) is 4.79 Å². The lowest BCUT2D eigenvalue weighted by Crippen LogP contribution is -2.05. The molecule has 96 valence electrons. The molecule has 2 rings (SSSR count). The number of hydrogen-bond acceptors (Lipinski definition) is 4. The normalized spacial score (nSPS) is 10.6. The highest BCUT2D eigenvalue weighted by Crippen LogP contribution is 2.16. The minimum atomic E-state index is -0.974. The Labute approximate surface area is 104 Å². The molecule has 0 spiro atoms. The van der Waals surface area contributed by atoms with Crippen LogP contribution in [0.4, 0.5) is 5.95 Å². The van der Waals surface area contributed by atoms with Gasteiger partial charge in [-0.25, -0.2) is 9.78 Å². The first-order valence-corrected chi connectivity index (χ1v) is 5.69. The van der Waals surface area contributed by atoms with Crippen molar-refractivity contribution in [2.24, 2.45) is 0 Å². The van der Waals surface area contributed by atoms with E-state index in [1.807, 2.05) is 17.7 Å². The predicted molar refractivity (Wildman–Crippen MR) is 65.6 cm³/mol. The van der Waals surface area contributed by atoms with E-state index in [2.05, 4.69) is 10.3 Å². The summed E-state index contributed by atoms with van der Waals surface area (Å²) in [7, 11) is 0. The smallest absolute Gasteiger partial charge is 0.339 e. The second-order valence-electron chi connectivity index (χ2n) is 3.88. The summed E-state index contributed by atoms with van der Waals surface area (Å²) < 4.78 is 7.32. The molecular formula is C12H15N3O3. The topological polar surface area (TPSA) is 80.3 Å². The minimum Gasteiger partial charge on any atom is -0.478 e. The minimum absolute atomic E-state index is 0.200. The molecule has 0 aliphatic carbocycles. The number of furan rings is 1. The maximum atomic E-state index is 10.9. The van der Waals surface area contributed by atoms with Crippen molar-refractivity contribution in [3.63, 3.8) is 0 Å². The van der Waals surface area contributed by atoms with E-state index in [1.54, 1.807) is 13.1 Å². The molecule has 18 heavy (non-hydrogen) atoms. The van der Waals surface area contributed by atoms with Crippen LogP contribution >= 0.6 is 0 Å². The molecule has 0 unspecified atom stereocenters. The van der Waals surface area contributed by atoms with Gasteiger partial charge in [-0.1, -0.05) is 0 Å². The highest BCUT2D eigenvalue weighted by Gasteiger charge is 2.13. The number of imidazole rings is 1. The van der Waals surface area contributed by atoms with Gasteiger partial charge in [0.2, 0.25) is 5.95 Å². The zero-order chi connectivity index (χ0) is 13.1. The van der Waals surface area contributed by atoms with E-state index in [0.29, 0.717) is 18.1 Å². The monoisotopic (exact) mass is 249 g/mol. The number of aromatic carboxylic acids is 1. The number of aryl methyl sites for hydroxylation is 2. The van der Waals surface area contributed by atoms with Crippen LogP contribution in [0.5, 0.6) is 0 Å². The Morgan fingerprint density at radius 2 is 2.39 bits per heavy atom. The standard InChI is InChI=1S/C12H15N3O3/c1-3-15-5-4-13-12(15)14-7-9-6-10(11(16)17)8(2)18-9/h4-6H,3,7H2,1-2H3,(H,13,14)(H,16,17). The van der Waals surface area contributed by atoms with Crippen LogP contribution in [0.1, 0.15) is 28.8 Å². The molecule has 0 amide bonds. The van der Waals surface area contributed by atoms with E-state index in [0.717, 1.165) is 12.5 Å². The van der Waals surface area contributed by atoms with Gasteiger partial charge in [0.05, 0.1) is 6.54 Å². The van der Waals surface area contributed by atoms with Crippen molar-refractivity contribution in [2.75, 3.05) is 5.32 Å². The fourth-order valence-corrected chi connectivity index (χ4v) is 1.74. The molecular weight excluding hydrogens is 234 g/mol. The Balaban J connectivity index is 2.07. The summed E-state index contributed by atoms with van der Waals surface area (Å²) in [5.74, 6) is 0.759. The van der Waals surface area contributed by atoms with Crippen LogP contribution in [-0.4, -0.2) is 20.6 Å². The SMILES string of the molecule is CCn1ccnc1NCc1cc(C(=O)O)c(C)o1. The molecule has 0 fully saturated rings. The number of nitrogens with zero attached hydrogens (tertiary/aromatic N) is 2. The third-order valence-electron chi connectivity index (χ3n) is 2.68. The number of carbonyl (C=O) groups is 1. The second kappa shape index (κ2) is 4.95. The fourth-order valence-electron chi connectivity index (χ4n) is 1.74. The number of nitrogens with one attached hydrogen (secondary N) is 1. The van der Waals surface area contributed by atoms with Gasteiger partial charge in [-0.3, -0.25) is 0 Å². The molecule has 2 aromatic rings. The van der Waals surface area contributed by atoms with Gasteiger partial charge in [0.15, 0.2) is 0 Å². The van der Waals surface area contributed by atoms with Crippen LogP contribution in [-0.2, 0) is 13.1 Å². The summed E-state index contributed by atoms with van der Waals surface area (Å²) in [5.41, 5.74) is 0.200. The van der Waals surface area contributed by atoms with Gasteiger partial charge < -0.3 is 19.4 Å². The molecule has 0 atom stereocenters. The van der Waals surface area contributed by atoms with Gasteiger partial charge in [-0.05, 0) is 19.9 Å². The summed E-state index contributed by atoms with van der Waals surface area (Å²) in [5, 5.41) is 12.0. The van der Waals surface area contributed by atoms with Gasteiger partial charge in [0, 0.05) is 18.9 Å². The number of carboxylic acids is 1. The average molecular weight is 249 g/mol. The van der Waals surface area contributed by atoms with Crippen molar-refractivity contribution in [2.45, 2.75) is 26.9 Å². The average Bonchev–Trinajstić information content (AvgIpc) is 2.92. The quantitative estimate of drug-likeness (QED) is 0.848. The Hall–Kier alpha value is -2.24. The van der Waals surface area contributed by atoms with Crippen LogP contribution in [0.3, 0.4) is 0 Å². The molecule has 6 heteroatoms. The molecule has 2 heterocycles. The zero-order valence-corrected chi connectivity index (χ0v) is 10.3. The van der Waals surface area contributed by atoms with Crippen molar-refractivity contribution in [1.29, 1.82) is 0 Å². The predicted octanol–water partition coefficient (Wildman–Crippen LogP) is 2.11. The second-order valence-corrected chi connectivity index (χ2v) is 3.88. The molecule has 6 nitrogen and oxygen atoms in total. The summed E-state index contributed by atoms with van der Waals surface area (Å²) >= 11 is 0. The largest absolute Gasteiger partial charge is 0.478 e. The summed E-state index contributed by atoms with van der Waals surface area (Å²) in [4.78, 5) is 15.0. The lowest BCUT2D eigenvalue weighted by molar-refractivity contribution is 0.0695. The lowest BCUT2D eigenvalue weighted by atomic mass is 10.2. The third-order valence-corrected chi connectivity index (χ3v) is 2.68. The molecule has 2 N–H and O–H groups in total. The molecule has 0 aliphatic heterocycles. The fraction of sp³-hybridized carbons (Fsp3) is 0.333. The summed E-state index contributed by atoms with van der Waals surface area (Å²) in [6.45, 7) is 4.89. The van der Waals surface area contributed by atoms with Crippen molar-refractivity contribution < 1.29 is 14.3 Å². The van der Waals surface area contributed by atoms with Crippen LogP contribution in [0.2, 0.25) is 0 Å². The molecule has 0 saturated carbocycles. The van der Waals surface area contributed by atoms with Crippen LogP contribution in [0.15, 0.2) is 22.9 Å². The first-order valence-electron chi connectivity index (χ1n) is 5.69. The first-order chi connectivity index (χ1) is 8.61. The van der Waals surface area contributed by atoms with Gasteiger partial charge in [0.1, 0.15) is 17.1 Å².